The van der Waals surface area contributed by atoms with Gasteiger partial charge in [-0.3, -0.25) is 4.79 Å². The highest BCUT2D eigenvalue weighted by Gasteiger charge is 2.32. The maximum Gasteiger partial charge on any atom is 0.417 e. The molecular weight excluding hydrogens is 283 g/mol. The van der Waals surface area contributed by atoms with Crippen molar-refractivity contribution in [3.63, 3.8) is 0 Å². The molecule has 2 aromatic rings. The monoisotopic (exact) mass is 295 g/mol. The van der Waals surface area contributed by atoms with Gasteiger partial charge in [-0.2, -0.15) is 22.9 Å². The second-order valence-corrected chi connectivity index (χ2v) is 4.44. The van der Waals surface area contributed by atoms with Gasteiger partial charge in [-0.1, -0.05) is 18.2 Å². The van der Waals surface area contributed by atoms with Gasteiger partial charge in [-0.15, -0.1) is 0 Å². The smallest absolute Gasteiger partial charge is 0.384 e. The number of benzene rings is 1. The molecule has 0 spiro atoms. The van der Waals surface area contributed by atoms with Crippen LogP contribution in [0.4, 0.5) is 19.0 Å². The number of aryl methyl sites for hydroxylation is 1. The van der Waals surface area contributed by atoms with Crippen LogP contribution in [-0.4, -0.2) is 10.9 Å². The highest BCUT2D eigenvalue weighted by atomic mass is 19.4. The summed E-state index contributed by atoms with van der Waals surface area (Å²) < 4.78 is 39.3. The highest BCUT2D eigenvalue weighted by Crippen LogP contribution is 2.31. The molecule has 0 fully saturated rings. The van der Waals surface area contributed by atoms with Crippen LogP contribution in [0.3, 0.4) is 0 Å². The third-order valence-corrected chi connectivity index (χ3v) is 2.76. The SMILES string of the molecule is Cc1cc(N)n(N=Cc2ccccc2C(F)(F)F)c(=O)c1. The Morgan fingerprint density at radius 3 is 2.52 bits per heavy atom. The lowest BCUT2D eigenvalue weighted by Gasteiger charge is -2.09. The van der Waals surface area contributed by atoms with E-state index >= 15 is 0 Å². The lowest BCUT2D eigenvalue weighted by atomic mass is 10.1. The van der Waals surface area contributed by atoms with Crippen molar-refractivity contribution < 1.29 is 13.2 Å². The summed E-state index contributed by atoms with van der Waals surface area (Å²) in [5.41, 5.74) is 4.82. The third kappa shape index (κ3) is 3.31. The fourth-order valence-electron chi connectivity index (χ4n) is 1.83. The van der Waals surface area contributed by atoms with Crippen LogP contribution in [0.1, 0.15) is 16.7 Å². The van der Waals surface area contributed by atoms with Crippen molar-refractivity contribution >= 4 is 12.0 Å². The average Bonchev–Trinajstić information content (AvgIpc) is 2.36. The van der Waals surface area contributed by atoms with Gasteiger partial charge in [-0.25, -0.2) is 0 Å². The predicted molar refractivity (Wildman–Crippen MR) is 74.3 cm³/mol. The molecule has 2 N–H and O–H groups in total. The summed E-state index contributed by atoms with van der Waals surface area (Å²) in [6, 6.07) is 7.76. The van der Waals surface area contributed by atoms with E-state index in [-0.39, 0.29) is 11.4 Å². The number of nitrogen functional groups attached to an aromatic ring is 1. The zero-order valence-corrected chi connectivity index (χ0v) is 11.1. The predicted octanol–water partition coefficient (Wildman–Crippen LogP) is 2.64. The summed E-state index contributed by atoms with van der Waals surface area (Å²) in [6.45, 7) is 1.69. The largest absolute Gasteiger partial charge is 0.417 e. The number of rotatable bonds is 2. The van der Waals surface area contributed by atoms with Crippen LogP contribution in [0.15, 0.2) is 46.3 Å². The van der Waals surface area contributed by atoms with Crippen molar-refractivity contribution in [1.82, 2.24) is 4.68 Å². The summed E-state index contributed by atoms with van der Waals surface area (Å²) in [6.07, 6.45) is -3.53. The molecule has 0 radical (unpaired) electrons. The van der Waals surface area contributed by atoms with E-state index in [9.17, 15) is 18.0 Å². The second-order valence-electron chi connectivity index (χ2n) is 4.44. The standard InChI is InChI=1S/C14H12F3N3O/c1-9-6-12(18)20(13(21)7-9)19-8-10-4-2-3-5-11(10)14(15,16)17/h2-8H,18H2,1H3. The Morgan fingerprint density at radius 2 is 1.90 bits per heavy atom. The van der Waals surface area contributed by atoms with E-state index in [4.69, 9.17) is 5.73 Å². The molecule has 0 bridgehead atoms. The molecule has 0 unspecified atom stereocenters. The normalized spacial score (nSPS) is 12.0. The zero-order valence-electron chi connectivity index (χ0n) is 11.1. The topological polar surface area (TPSA) is 60.4 Å². The van der Waals surface area contributed by atoms with Gasteiger partial charge in [0.2, 0.25) is 0 Å². The molecule has 0 aliphatic rings. The molecule has 0 saturated heterocycles. The molecule has 0 atom stereocenters. The molecule has 7 heteroatoms. The Bertz CT molecular complexity index is 748. The van der Waals surface area contributed by atoms with Gasteiger partial charge < -0.3 is 5.73 Å². The maximum absolute atomic E-state index is 12.8. The van der Waals surface area contributed by atoms with Crippen molar-refractivity contribution in [2.24, 2.45) is 5.10 Å². The van der Waals surface area contributed by atoms with Crippen LogP contribution in [0, 0.1) is 6.92 Å². The fraction of sp³-hybridized carbons (Fsp3) is 0.143. The number of hydrogen-bond acceptors (Lipinski definition) is 3. The van der Waals surface area contributed by atoms with Gasteiger partial charge in [0.1, 0.15) is 5.82 Å². The third-order valence-electron chi connectivity index (χ3n) is 2.76. The first-order chi connectivity index (χ1) is 9.79. The van der Waals surface area contributed by atoms with Gasteiger partial charge in [0.25, 0.3) is 5.56 Å². The highest BCUT2D eigenvalue weighted by molar-refractivity contribution is 5.82. The summed E-state index contributed by atoms with van der Waals surface area (Å²) in [5, 5.41) is 3.74. The Kier molecular flexibility index (Phi) is 3.84. The van der Waals surface area contributed by atoms with Crippen LogP contribution in [0.2, 0.25) is 0 Å². The van der Waals surface area contributed by atoms with E-state index in [2.05, 4.69) is 5.10 Å². The molecule has 0 aliphatic carbocycles. The molecule has 1 heterocycles. The van der Waals surface area contributed by atoms with E-state index in [0.29, 0.717) is 5.56 Å². The van der Waals surface area contributed by atoms with E-state index in [1.165, 1.54) is 30.3 Å². The molecule has 1 aromatic heterocycles. The Balaban J connectivity index is 2.47. The summed E-state index contributed by atoms with van der Waals surface area (Å²) in [4.78, 5) is 11.7. The molecule has 0 saturated carbocycles. The van der Waals surface area contributed by atoms with Gasteiger partial charge in [0.05, 0.1) is 11.8 Å². The van der Waals surface area contributed by atoms with Gasteiger partial charge in [-0.05, 0) is 24.6 Å². The molecular formula is C14H12F3N3O. The minimum absolute atomic E-state index is 0.0562. The number of anilines is 1. The minimum Gasteiger partial charge on any atom is -0.384 e. The fourth-order valence-corrected chi connectivity index (χ4v) is 1.83. The van der Waals surface area contributed by atoms with E-state index in [1.54, 1.807) is 6.92 Å². The first kappa shape index (κ1) is 14.8. The Morgan fingerprint density at radius 1 is 1.24 bits per heavy atom. The van der Waals surface area contributed by atoms with E-state index in [0.717, 1.165) is 17.0 Å². The second kappa shape index (κ2) is 5.43. The first-order valence-electron chi connectivity index (χ1n) is 5.99. The number of aromatic nitrogens is 1. The quantitative estimate of drug-likeness (QED) is 0.866. The van der Waals surface area contributed by atoms with Crippen LogP contribution < -0.4 is 11.3 Å². The molecule has 4 nitrogen and oxygen atoms in total. The summed E-state index contributed by atoms with van der Waals surface area (Å²) in [7, 11) is 0. The van der Waals surface area contributed by atoms with Crippen LogP contribution in [0.5, 0.6) is 0 Å². The molecule has 21 heavy (non-hydrogen) atoms. The number of alkyl halides is 3. The van der Waals surface area contributed by atoms with Gasteiger partial charge in [0.15, 0.2) is 0 Å². The molecule has 1 aromatic carbocycles. The summed E-state index contributed by atoms with van der Waals surface area (Å²) in [5.74, 6) is 0.0562. The van der Waals surface area contributed by atoms with Crippen molar-refractivity contribution in [3.05, 3.63) is 63.4 Å². The van der Waals surface area contributed by atoms with Gasteiger partial charge >= 0.3 is 6.18 Å². The lowest BCUT2D eigenvalue weighted by molar-refractivity contribution is -0.137. The van der Waals surface area contributed by atoms with Crippen molar-refractivity contribution in [1.29, 1.82) is 0 Å². The number of pyridine rings is 1. The van der Waals surface area contributed by atoms with Crippen molar-refractivity contribution in [2.45, 2.75) is 13.1 Å². The van der Waals surface area contributed by atoms with Crippen molar-refractivity contribution in [2.75, 3.05) is 5.73 Å². The first-order valence-corrected chi connectivity index (χ1v) is 5.99. The molecule has 0 aliphatic heterocycles. The lowest BCUT2D eigenvalue weighted by Crippen LogP contribution is -2.19. The number of nitrogens with two attached hydrogens (primary N) is 1. The van der Waals surface area contributed by atoms with E-state index in [1.807, 2.05) is 0 Å². The zero-order chi connectivity index (χ0) is 15.6. The number of hydrogen-bond donors (Lipinski definition) is 1. The Labute approximate surface area is 118 Å². The average molecular weight is 295 g/mol. The Hall–Kier alpha value is -2.57. The number of halogens is 3. The van der Waals surface area contributed by atoms with Gasteiger partial charge in [0, 0.05) is 11.6 Å². The van der Waals surface area contributed by atoms with Crippen LogP contribution >= 0.6 is 0 Å². The van der Waals surface area contributed by atoms with Crippen molar-refractivity contribution in [3.8, 4) is 0 Å². The molecule has 2 rings (SSSR count). The molecule has 0 amide bonds. The van der Waals surface area contributed by atoms with Crippen LogP contribution in [0.25, 0.3) is 0 Å². The number of nitrogens with zero attached hydrogens (tertiary/aromatic N) is 2. The summed E-state index contributed by atoms with van der Waals surface area (Å²) >= 11 is 0. The maximum atomic E-state index is 12.8. The molecule has 110 valence electrons. The minimum atomic E-state index is -4.49. The van der Waals surface area contributed by atoms with E-state index < -0.39 is 17.3 Å². The van der Waals surface area contributed by atoms with Crippen LogP contribution in [-0.2, 0) is 6.18 Å².